The van der Waals surface area contributed by atoms with E-state index in [9.17, 15) is 0 Å². The SMILES string of the molecule is CC1C=CC=C(c2ccccc2)C1(N)OC1(N)C(c2ccccc2)=CC=CC1C. The largest absolute Gasteiger partial charge is 0.330 e. The Balaban J connectivity index is 1.79. The molecule has 0 bridgehead atoms. The second-order valence-corrected chi connectivity index (χ2v) is 7.93. The first kappa shape index (κ1) is 19.6. The van der Waals surface area contributed by atoms with Gasteiger partial charge >= 0.3 is 0 Å². The van der Waals surface area contributed by atoms with E-state index in [-0.39, 0.29) is 11.8 Å². The van der Waals surface area contributed by atoms with Gasteiger partial charge in [-0.25, -0.2) is 0 Å². The van der Waals surface area contributed by atoms with Gasteiger partial charge < -0.3 is 4.74 Å². The summed E-state index contributed by atoms with van der Waals surface area (Å²) in [5.41, 5.74) is 15.9. The summed E-state index contributed by atoms with van der Waals surface area (Å²) in [4.78, 5) is 0. The quantitative estimate of drug-likeness (QED) is 0.738. The third kappa shape index (κ3) is 3.42. The van der Waals surface area contributed by atoms with E-state index in [1.165, 1.54) is 0 Å². The summed E-state index contributed by atoms with van der Waals surface area (Å²) in [6, 6.07) is 20.3. The Hall–Kier alpha value is -2.72. The van der Waals surface area contributed by atoms with E-state index in [1.54, 1.807) is 0 Å². The number of rotatable bonds is 4. The summed E-state index contributed by atoms with van der Waals surface area (Å²) in [7, 11) is 0. The van der Waals surface area contributed by atoms with Crippen molar-refractivity contribution in [2.45, 2.75) is 25.3 Å². The minimum Gasteiger partial charge on any atom is -0.330 e. The molecule has 0 amide bonds. The fourth-order valence-corrected chi connectivity index (χ4v) is 4.13. The fraction of sp³-hybridized carbons (Fsp3) is 0.231. The zero-order valence-electron chi connectivity index (χ0n) is 17.0. The molecule has 29 heavy (non-hydrogen) atoms. The lowest BCUT2D eigenvalue weighted by atomic mass is 9.79. The number of nitrogens with two attached hydrogens (primary N) is 2. The average molecular weight is 385 g/mol. The molecule has 2 aromatic rings. The Morgan fingerprint density at radius 3 is 1.41 bits per heavy atom. The Kier molecular flexibility index (Phi) is 5.13. The molecule has 3 heteroatoms. The van der Waals surface area contributed by atoms with Crippen LogP contribution in [-0.4, -0.2) is 11.4 Å². The van der Waals surface area contributed by atoms with Crippen molar-refractivity contribution in [2.24, 2.45) is 23.3 Å². The van der Waals surface area contributed by atoms with Crippen molar-refractivity contribution in [1.29, 1.82) is 0 Å². The van der Waals surface area contributed by atoms with Gasteiger partial charge in [-0.05, 0) is 11.1 Å². The highest BCUT2D eigenvalue weighted by Crippen LogP contribution is 2.44. The average Bonchev–Trinajstić information content (AvgIpc) is 2.73. The summed E-state index contributed by atoms with van der Waals surface area (Å²) in [6.45, 7) is 4.15. The summed E-state index contributed by atoms with van der Waals surface area (Å²) >= 11 is 0. The van der Waals surface area contributed by atoms with Crippen LogP contribution in [0, 0.1) is 11.8 Å². The highest BCUT2D eigenvalue weighted by atomic mass is 16.5. The van der Waals surface area contributed by atoms with Crippen LogP contribution < -0.4 is 11.5 Å². The van der Waals surface area contributed by atoms with E-state index >= 15 is 0 Å². The van der Waals surface area contributed by atoms with E-state index < -0.39 is 11.4 Å². The lowest BCUT2D eigenvalue weighted by molar-refractivity contribution is -0.124. The van der Waals surface area contributed by atoms with Crippen molar-refractivity contribution >= 4 is 11.1 Å². The van der Waals surface area contributed by atoms with Gasteiger partial charge in [0.2, 0.25) is 0 Å². The number of benzene rings is 2. The molecule has 0 spiro atoms. The van der Waals surface area contributed by atoms with Crippen LogP contribution in [0.5, 0.6) is 0 Å². The van der Waals surface area contributed by atoms with Crippen LogP contribution in [0.2, 0.25) is 0 Å². The van der Waals surface area contributed by atoms with Crippen molar-refractivity contribution in [1.82, 2.24) is 0 Å². The summed E-state index contributed by atoms with van der Waals surface area (Å²) in [6.07, 6.45) is 12.3. The van der Waals surface area contributed by atoms with Gasteiger partial charge in [-0.1, -0.05) is 111 Å². The van der Waals surface area contributed by atoms with Crippen LogP contribution in [-0.2, 0) is 4.74 Å². The molecule has 2 aliphatic carbocycles. The van der Waals surface area contributed by atoms with E-state index in [4.69, 9.17) is 16.2 Å². The first-order valence-electron chi connectivity index (χ1n) is 10.1. The van der Waals surface area contributed by atoms with Crippen molar-refractivity contribution in [3.05, 3.63) is 108 Å². The Bertz CT molecular complexity index is 908. The molecule has 4 unspecified atom stereocenters. The van der Waals surface area contributed by atoms with E-state index in [2.05, 4.69) is 50.3 Å². The van der Waals surface area contributed by atoms with Gasteiger partial charge in [0.15, 0.2) is 11.4 Å². The summed E-state index contributed by atoms with van der Waals surface area (Å²) < 4.78 is 6.78. The van der Waals surface area contributed by atoms with E-state index in [1.807, 2.05) is 60.7 Å². The number of allylic oxidation sites excluding steroid dienone is 4. The van der Waals surface area contributed by atoms with Crippen molar-refractivity contribution in [3.63, 3.8) is 0 Å². The topological polar surface area (TPSA) is 61.3 Å². The molecule has 0 saturated carbocycles. The van der Waals surface area contributed by atoms with Gasteiger partial charge in [-0.2, -0.15) is 0 Å². The molecular weight excluding hydrogens is 356 g/mol. The minimum atomic E-state index is -1.06. The molecule has 0 saturated heterocycles. The van der Waals surface area contributed by atoms with Crippen LogP contribution in [0.4, 0.5) is 0 Å². The molecule has 2 aromatic carbocycles. The molecule has 0 heterocycles. The zero-order valence-corrected chi connectivity index (χ0v) is 17.0. The zero-order chi connectivity index (χ0) is 20.5. The van der Waals surface area contributed by atoms with Crippen LogP contribution in [0.15, 0.2) is 97.1 Å². The second-order valence-electron chi connectivity index (χ2n) is 7.93. The molecule has 3 nitrogen and oxygen atoms in total. The Morgan fingerprint density at radius 1 is 0.655 bits per heavy atom. The first-order valence-corrected chi connectivity index (χ1v) is 10.1. The molecule has 4 atom stereocenters. The molecule has 0 radical (unpaired) electrons. The second kappa shape index (κ2) is 7.60. The molecular formula is C26H28N2O. The minimum absolute atomic E-state index is 0.0433. The smallest absolute Gasteiger partial charge is 0.152 e. The lowest BCUT2D eigenvalue weighted by Crippen LogP contribution is -2.62. The molecule has 4 rings (SSSR count). The molecule has 148 valence electrons. The van der Waals surface area contributed by atoms with Gasteiger partial charge in [0.1, 0.15) is 0 Å². The number of ether oxygens (including phenoxy) is 1. The van der Waals surface area contributed by atoms with Crippen molar-refractivity contribution in [2.75, 3.05) is 0 Å². The maximum atomic E-state index is 7.02. The predicted molar refractivity (Wildman–Crippen MR) is 120 cm³/mol. The van der Waals surface area contributed by atoms with Crippen LogP contribution in [0.25, 0.3) is 11.1 Å². The predicted octanol–water partition coefficient (Wildman–Crippen LogP) is 4.89. The first-order chi connectivity index (χ1) is 13.9. The van der Waals surface area contributed by atoms with Gasteiger partial charge in [-0.3, -0.25) is 11.5 Å². The van der Waals surface area contributed by atoms with Crippen molar-refractivity contribution < 1.29 is 4.74 Å². The molecule has 4 N–H and O–H groups in total. The molecule has 0 aliphatic heterocycles. The molecule has 2 aliphatic rings. The normalized spacial score (nSPS) is 31.3. The Labute approximate surface area is 173 Å². The third-order valence-electron chi connectivity index (χ3n) is 6.03. The van der Waals surface area contributed by atoms with Gasteiger partial charge in [0.25, 0.3) is 0 Å². The number of hydrogen-bond donors (Lipinski definition) is 2. The lowest BCUT2D eigenvalue weighted by Gasteiger charge is -2.48. The van der Waals surface area contributed by atoms with E-state index in [0.717, 1.165) is 22.3 Å². The van der Waals surface area contributed by atoms with Gasteiger partial charge in [0.05, 0.1) is 0 Å². The monoisotopic (exact) mass is 384 g/mol. The number of hydrogen-bond acceptors (Lipinski definition) is 3. The standard InChI is InChI=1S/C26H28N2O/c1-19-11-9-17-23(21-13-5-3-6-14-21)25(19,27)29-26(28)20(2)12-10-18-24(26)22-15-7-4-8-16-22/h3-20H,27-28H2,1-2H3. The van der Waals surface area contributed by atoms with Crippen molar-refractivity contribution in [3.8, 4) is 0 Å². The molecule has 0 aromatic heterocycles. The van der Waals surface area contributed by atoms with Crippen LogP contribution >= 0.6 is 0 Å². The van der Waals surface area contributed by atoms with Crippen LogP contribution in [0.3, 0.4) is 0 Å². The maximum Gasteiger partial charge on any atom is 0.152 e. The molecule has 0 fully saturated rings. The maximum absolute atomic E-state index is 7.02. The van der Waals surface area contributed by atoms with E-state index in [0.29, 0.717) is 0 Å². The van der Waals surface area contributed by atoms with Gasteiger partial charge in [-0.15, -0.1) is 0 Å². The highest BCUT2D eigenvalue weighted by molar-refractivity contribution is 5.78. The van der Waals surface area contributed by atoms with Gasteiger partial charge in [0, 0.05) is 23.0 Å². The van der Waals surface area contributed by atoms with Crippen LogP contribution in [0.1, 0.15) is 25.0 Å². The summed E-state index contributed by atoms with van der Waals surface area (Å²) in [5.74, 6) is -0.0866. The summed E-state index contributed by atoms with van der Waals surface area (Å²) in [5, 5.41) is 0. The fourth-order valence-electron chi connectivity index (χ4n) is 4.13. The highest BCUT2D eigenvalue weighted by Gasteiger charge is 2.48. The Morgan fingerprint density at radius 2 is 1.03 bits per heavy atom. The third-order valence-corrected chi connectivity index (χ3v) is 6.03.